The molecule has 0 aromatic heterocycles. The van der Waals surface area contributed by atoms with Crippen molar-refractivity contribution in [2.24, 2.45) is 0 Å². The van der Waals surface area contributed by atoms with Crippen LogP contribution in [-0.2, 0) is 23.7 Å². The standard InChI is InChI=1S/C30H26O10/c1-35-22-11-2-18(3-12-22)4-15-26(32)39-24-16-36-28-25(17-37-27(24)28)40-30(34)20-7-13-23(14-8-20)38-29(33)19-5-9-21(31)10-6-19/h2-15,24-25,27-28,31H,16-17H2,1H3/b15-4+. The van der Waals surface area contributed by atoms with Crippen LogP contribution in [0.1, 0.15) is 26.3 Å². The van der Waals surface area contributed by atoms with Gasteiger partial charge >= 0.3 is 17.9 Å². The van der Waals surface area contributed by atoms with Crippen LogP contribution in [0.4, 0.5) is 0 Å². The Morgan fingerprint density at radius 3 is 1.93 bits per heavy atom. The average Bonchev–Trinajstić information content (AvgIpc) is 3.56. The van der Waals surface area contributed by atoms with Gasteiger partial charge in [-0.2, -0.15) is 0 Å². The lowest BCUT2D eigenvalue weighted by molar-refractivity contribution is -0.147. The van der Waals surface area contributed by atoms with Crippen molar-refractivity contribution in [3.8, 4) is 17.2 Å². The molecule has 0 saturated carbocycles. The maximum absolute atomic E-state index is 12.7. The van der Waals surface area contributed by atoms with Crippen molar-refractivity contribution in [2.45, 2.75) is 24.4 Å². The average molecular weight is 547 g/mol. The van der Waals surface area contributed by atoms with Gasteiger partial charge in [0.1, 0.15) is 29.5 Å². The van der Waals surface area contributed by atoms with Gasteiger partial charge in [-0.15, -0.1) is 0 Å². The highest BCUT2D eigenvalue weighted by Crippen LogP contribution is 2.31. The minimum Gasteiger partial charge on any atom is -0.508 e. The molecule has 3 aromatic carbocycles. The molecule has 0 spiro atoms. The number of rotatable bonds is 8. The molecular weight excluding hydrogens is 520 g/mol. The Balaban J connectivity index is 1.11. The Morgan fingerprint density at radius 1 is 0.750 bits per heavy atom. The number of ether oxygens (including phenoxy) is 6. The largest absolute Gasteiger partial charge is 0.508 e. The van der Waals surface area contributed by atoms with E-state index in [0.29, 0.717) is 5.75 Å². The van der Waals surface area contributed by atoms with Gasteiger partial charge in [-0.3, -0.25) is 0 Å². The van der Waals surface area contributed by atoms with E-state index in [9.17, 15) is 19.5 Å². The summed E-state index contributed by atoms with van der Waals surface area (Å²) >= 11 is 0. The van der Waals surface area contributed by atoms with Gasteiger partial charge in [0, 0.05) is 6.08 Å². The SMILES string of the molecule is COc1ccc(/C=C/C(=O)OC2COC3C(OC(=O)c4ccc(OC(=O)c5ccc(O)cc5)cc4)COC23)cc1. The molecule has 2 saturated heterocycles. The van der Waals surface area contributed by atoms with Crippen LogP contribution in [0.25, 0.3) is 6.08 Å². The summed E-state index contributed by atoms with van der Waals surface area (Å²) in [6, 6.07) is 18.8. The zero-order valence-corrected chi connectivity index (χ0v) is 21.4. The lowest BCUT2D eigenvalue weighted by Crippen LogP contribution is -2.35. The molecule has 206 valence electrons. The quantitative estimate of drug-likeness (QED) is 0.255. The third-order valence-electron chi connectivity index (χ3n) is 6.42. The fourth-order valence-corrected chi connectivity index (χ4v) is 4.33. The molecule has 2 aliphatic heterocycles. The molecule has 2 aliphatic rings. The first-order chi connectivity index (χ1) is 19.4. The van der Waals surface area contributed by atoms with Gasteiger partial charge in [-0.1, -0.05) is 12.1 Å². The Hall–Kier alpha value is -4.67. The summed E-state index contributed by atoms with van der Waals surface area (Å²) in [5, 5.41) is 9.34. The molecule has 1 N–H and O–H groups in total. The van der Waals surface area contributed by atoms with Crippen LogP contribution in [0.5, 0.6) is 17.2 Å². The van der Waals surface area contributed by atoms with Crippen molar-refractivity contribution in [3.05, 3.63) is 95.6 Å². The van der Waals surface area contributed by atoms with E-state index in [4.69, 9.17) is 28.4 Å². The Bertz CT molecular complexity index is 1380. The summed E-state index contributed by atoms with van der Waals surface area (Å²) in [6.45, 7) is 0.214. The second kappa shape index (κ2) is 12.0. The van der Waals surface area contributed by atoms with E-state index in [1.165, 1.54) is 54.6 Å². The van der Waals surface area contributed by atoms with E-state index in [2.05, 4.69) is 0 Å². The lowest BCUT2D eigenvalue weighted by Gasteiger charge is -2.17. The third kappa shape index (κ3) is 6.31. The fraction of sp³-hybridized carbons (Fsp3) is 0.233. The molecule has 10 nitrogen and oxygen atoms in total. The van der Waals surface area contributed by atoms with Crippen LogP contribution < -0.4 is 9.47 Å². The molecule has 5 rings (SSSR count). The number of hydrogen-bond donors (Lipinski definition) is 1. The smallest absolute Gasteiger partial charge is 0.343 e. The van der Waals surface area contributed by atoms with E-state index in [1.54, 1.807) is 25.3 Å². The Kier molecular flexibility index (Phi) is 8.09. The van der Waals surface area contributed by atoms with Crippen molar-refractivity contribution < 1.29 is 47.9 Å². The molecular formula is C30H26O10. The summed E-state index contributed by atoms with van der Waals surface area (Å²) in [7, 11) is 1.58. The van der Waals surface area contributed by atoms with Gasteiger partial charge in [-0.05, 0) is 72.3 Å². The molecule has 0 bridgehead atoms. The maximum atomic E-state index is 12.7. The van der Waals surface area contributed by atoms with Gasteiger partial charge in [-0.25, -0.2) is 14.4 Å². The zero-order chi connectivity index (χ0) is 28.1. The fourth-order valence-electron chi connectivity index (χ4n) is 4.33. The Morgan fingerprint density at radius 2 is 1.30 bits per heavy atom. The normalized spacial score (nSPS) is 21.5. The third-order valence-corrected chi connectivity index (χ3v) is 6.42. The van der Waals surface area contributed by atoms with Crippen molar-refractivity contribution in [2.75, 3.05) is 20.3 Å². The minimum absolute atomic E-state index is 0.0378. The molecule has 0 radical (unpaired) electrons. The highest BCUT2D eigenvalue weighted by molar-refractivity contribution is 5.92. The van der Waals surface area contributed by atoms with Crippen LogP contribution in [0.3, 0.4) is 0 Å². The van der Waals surface area contributed by atoms with Crippen molar-refractivity contribution in [3.63, 3.8) is 0 Å². The number of phenolic OH excluding ortho intramolecular Hbond substituents is 1. The summed E-state index contributed by atoms with van der Waals surface area (Å²) in [5.74, 6) is -0.752. The van der Waals surface area contributed by atoms with Gasteiger partial charge < -0.3 is 33.5 Å². The highest BCUT2D eigenvalue weighted by Gasteiger charge is 2.51. The topological polar surface area (TPSA) is 127 Å². The Labute approximate surface area is 229 Å². The first kappa shape index (κ1) is 26.9. The highest BCUT2D eigenvalue weighted by atomic mass is 16.7. The van der Waals surface area contributed by atoms with Crippen molar-refractivity contribution >= 4 is 24.0 Å². The van der Waals surface area contributed by atoms with E-state index < -0.39 is 42.3 Å². The summed E-state index contributed by atoms with van der Waals surface area (Å²) in [5.41, 5.74) is 1.33. The van der Waals surface area contributed by atoms with E-state index in [1.807, 2.05) is 12.1 Å². The number of carbonyl (C=O) groups is 3. The second-order valence-corrected chi connectivity index (χ2v) is 9.08. The number of fused-ring (bicyclic) bond motifs is 1. The molecule has 3 aromatic rings. The molecule has 2 heterocycles. The van der Waals surface area contributed by atoms with Crippen LogP contribution >= 0.6 is 0 Å². The zero-order valence-electron chi connectivity index (χ0n) is 21.4. The lowest BCUT2D eigenvalue weighted by atomic mass is 10.1. The monoisotopic (exact) mass is 546 g/mol. The van der Waals surface area contributed by atoms with Crippen LogP contribution in [0, 0.1) is 0 Å². The number of methoxy groups -OCH3 is 1. The minimum atomic E-state index is -0.678. The number of carbonyl (C=O) groups excluding carboxylic acids is 3. The molecule has 2 fully saturated rings. The number of phenols is 1. The number of esters is 3. The van der Waals surface area contributed by atoms with Crippen LogP contribution in [-0.4, -0.2) is 67.8 Å². The molecule has 4 unspecified atom stereocenters. The van der Waals surface area contributed by atoms with Gasteiger partial charge in [0.15, 0.2) is 12.2 Å². The first-order valence-electron chi connectivity index (χ1n) is 12.5. The molecule has 0 aliphatic carbocycles. The first-order valence-corrected chi connectivity index (χ1v) is 12.5. The second-order valence-electron chi connectivity index (χ2n) is 9.08. The van der Waals surface area contributed by atoms with Crippen molar-refractivity contribution in [1.29, 1.82) is 0 Å². The molecule has 0 amide bonds. The summed E-state index contributed by atoms with van der Waals surface area (Å²) < 4.78 is 33.0. The number of aromatic hydroxyl groups is 1. The summed E-state index contributed by atoms with van der Waals surface area (Å²) in [4.78, 5) is 37.3. The van der Waals surface area contributed by atoms with Crippen molar-refractivity contribution in [1.82, 2.24) is 0 Å². The number of hydrogen-bond acceptors (Lipinski definition) is 10. The predicted octanol–water partition coefficient (Wildman–Crippen LogP) is 3.57. The molecule has 10 heteroatoms. The van der Waals surface area contributed by atoms with Gasteiger partial charge in [0.05, 0.1) is 31.5 Å². The van der Waals surface area contributed by atoms with Gasteiger partial charge in [0.2, 0.25) is 0 Å². The maximum Gasteiger partial charge on any atom is 0.343 e. The molecule has 40 heavy (non-hydrogen) atoms. The predicted molar refractivity (Wildman–Crippen MR) is 140 cm³/mol. The van der Waals surface area contributed by atoms with E-state index in [0.717, 1.165) is 5.56 Å². The van der Waals surface area contributed by atoms with Crippen LogP contribution in [0.15, 0.2) is 78.9 Å². The van der Waals surface area contributed by atoms with E-state index in [-0.39, 0.29) is 35.8 Å². The van der Waals surface area contributed by atoms with Gasteiger partial charge in [0.25, 0.3) is 0 Å². The molecule has 4 atom stereocenters. The van der Waals surface area contributed by atoms with E-state index >= 15 is 0 Å². The van der Waals surface area contributed by atoms with Crippen LogP contribution in [0.2, 0.25) is 0 Å². The number of benzene rings is 3. The summed E-state index contributed by atoms with van der Waals surface area (Å²) in [6.07, 6.45) is 0.519.